The van der Waals surface area contributed by atoms with E-state index in [9.17, 15) is 9.18 Å². The molecule has 4 radical (unpaired) electrons. The van der Waals surface area contributed by atoms with Gasteiger partial charge >= 0.3 is 5.97 Å². The average Bonchev–Trinajstić information content (AvgIpc) is 2.42. The number of carbonyl (C=O) groups is 1. The zero-order valence-electron chi connectivity index (χ0n) is 11.6. The molecule has 0 aromatic heterocycles. The third-order valence-electron chi connectivity index (χ3n) is 2.24. The fraction of sp³-hybridized carbons (Fsp3) is 0.462. The highest BCUT2D eigenvalue weighted by Crippen LogP contribution is 1.92. The Bertz CT molecular complexity index is 344. The van der Waals surface area contributed by atoms with Gasteiger partial charge in [0.1, 0.15) is 13.1 Å². The van der Waals surface area contributed by atoms with Crippen molar-refractivity contribution in [3.05, 3.63) is 30.1 Å². The molecule has 98 valence electrons. The molecule has 0 saturated carbocycles. The van der Waals surface area contributed by atoms with Crippen molar-refractivity contribution in [2.24, 2.45) is 0 Å². The van der Waals surface area contributed by atoms with Crippen LogP contribution in [0.15, 0.2) is 24.3 Å². The number of halogens is 1. The number of methoxy groups -OCH3 is 1. The van der Waals surface area contributed by atoms with E-state index >= 15 is 0 Å². The summed E-state index contributed by atoms with van der Waals surface area (Å²) in [5, 5.41) is 0. The summed E-state index contributed by atoms with van der Waals surface area (Å²) in [5.41, 5.74) is 1.03. The predicted octanol–water partition coefficient (Wildman–Crippen LogP) is 1.74. The number of hydrogen-bond donors (Lipinski definition) is 0. The summed E-state index contributed by atoms with van der Waals surface area (Å²) in [7, 11) is 10.6. The average molecular weight is 258 g/mol. The van der Waals surface area contributed by atoms with Gasteiger partial charge in [0.25, 0.3) is 0 Å². The summed E-state index contributed by atoms with van der Waals surface area (Å²) >= 11 is 0. The molecule has 0 bridgehead atoms. The van der Waals surface area contributed by atoms with Crippen LogP contribution in [0.4, 0.5) is 4.39 Å². The van der Waals surface area contributed by atoms with E-state index in [1.165, 1.54) is 19.2 Å². The fourth-order valence-electron chi connectivity index (χ4n) is 1.22. The van der Waals surface area contributed by atoms with Gasteiger partial charge in [-0.25, -0.2) is 4.39 Å². The maximum atomic E-state index is 12.4. The third-order valence-corrected chi connectivity index (χ3v) is 2.24. The molecule has 0 aliphatic rings. The van der Waals surface area contributed by atoms with Crippen molar-refractivity contribution in [1.29, 1.82) is 0 Å². The molecular weight excluding hydrogens is 240 g/mol. The molecule has 0 saturated heterocycles. The molecule has 0 spiro atoms. The molecule has 1 aromatic carbocycles. The van der Waals surface area contributed by atoms with Crippen LogP contribution < -0.4 is 5.46 Å². The molecule has 2 nitrogen and oxygen atoms in total. The van der Waals surface area contributed by atoms with Crippen LogP contribution in [-0.4, -0.2) is 35.5 Å². The molecule has 0 aliphatic carbocycles. The van der Waals surface area contributed by atoms with Gasteiger partial charge in [-0.3, -0.25) is 4.79 Å². The lowest BCUT2D eigenvalue weighted by Crippen LogP contribution is -2.15. The van der Waals surface area contributed by atoms with Crippen LogP contribution in [0.3, 0.4) is 0 Å². The number of carbonyl (C=O) groups excluding carboxylic acids is 1. The first-order valence-electron chi connectivity index (χ1n) is 6.31. The highest BCUT2D eigenvalue weighted by atomic mass is 19.1. The minimum atomic E-state index is -0.199. The van der Waals surface area contributed by atoms with Crippen molar-refractivity contribution >= 4 is 33.8 Å². The monoisotopic (exact) mass is 258 g/mol. The Morgan fingerprint density at radius 1 is 1.37 bits per heavy atom. The highest BCUT2D eigenvalue weighted by molar-refractivity contribution is 6.67. The molecule has 0 heterocycles. The lowest BCUT2D eigenvalue weighted by molar-refractivity contribution is -0.140. The van der Waals surface area contributed by atoms with Crippen LogP contribution in [0, 0.1) is 5.82 Å². The maximum Gasteiger partial charge on any atom is 0.305 e. The van der Waals surface area contributed by atoms with Crippen molar-refractivity contribution in [2.45, 2.75) is 32.2 Å². The molecule has 0 aliphatic heterocycles. The van der Waals surface area contributed by atoms with Gasteiger partial charge in [0.2, 0.25) is 0 Å². The van der Waals surface area contributed by atoms with Crippen LogP contribution in [0.25, 0.3) is 0 Å². The Hall–Kier alpha value is -1.19. The molecule has 0 unspecified atom stereocenters. The van der Waals surface area contributed by atoms with Gasteiger partial charge in [-0.05, 0) is 18.6 Å². The number of hydrogen-bond acceptors (Lipinski definition) is 2. The van der Waals surface area contributed by atoms with Gasteiger partial charge in [0.05, 0.1) is 22.2 Å². The van der Waals surface area contributed by atoms with Gasteiger partial charge in [0.15, 0.2) is 0 Å². The summed E-state index contributed by atoms with van der Waals surface area (Å²) in [6.07, 6.45) is 2.82. The molecule has 1 rings (SSSR count). The number of rotatable bonds is 6. The molecular formula is C13H18B3FO2. The van der Waals surface area contributed by atoms with Gasteiger partial charge in [-0.2, -0.15) is 0 Å². The summed E-state index contributed by atoms with van der Waals surface area (Å²) in [4.78, 5) is 10.2. The van der Waals surface area contributed by atoms with E-state index in [4.69, 9.17) is 7.85 Å². The largest absolute Gasteiger partial charge is 0.469 e. The standard InChI is InChI=1S/C8H8B3F.C5H10O2/c9-5-10-6-11-7-1-3-8(12)4-2-7;1-3-4-5(6)7-2/h1-4H,5-6H2;3-4H2,1-2H3. The summed E-state index contributed by atoms with van der Waals surface area (Å²) < 4.78 is 16.8. The van der Waals surface area contributed by atoms with Crippen molar-refractivity contribution < 1.29 is 13.9 Å². The number of ether oxygens (including phenoxy) is 1. The molecule has 19 heavy (non-hydrogen) atoms. The van der Waals surface area contributed by atoms with Gasteiger partial charge in [-0.15, -0.1) is 12.4 Å². The summed E-state index contributed by atoms with van der Waals surface area (Å²) in [5.74, 6) is -0.322. The van der Waals surface area contributed by atoms with E-state index in [1.807, 2.05) is 21.5 Å². The van der Waals surface area contributed by atoms with Gasteiger partial charge < -0.3 is 4.74 Å². The Kier molecular flexibility index (Phi) is 11.1. The van der Waals surface area contributed by atoms with Crippen molar-refractivity contribution in [2.75, 3.05) is 7.11 Å². The number of esters is 1. The molecule has 0 fully saturated rings. The topological polar surface area (TPSA) is 26.3 Å². The van der Waals surface area contributed by atoms with Crippen LogP contribution in [-0.2, 0) is 9.53 Å². The smallest absolute Gasteiger partial charge is 0.305 e. The zero-order valence-corrected chi connectivity index (χ0v) is 11.6. The van der Waals surface area contributed by atoms with Crippen molar-refractivity contribution in [3.8, 4) is 0 Å². The molecule has 1 aromatic rings. The second-order valence-corrected chi connectivity index (χ2v) is 3.84. The highest BCUT2D eigenvalue weighted by Gasteiger charge is 1.95. The van der Waals surface area contributed by atoms with E-state index in [2.05, 4.69) is 4.74 Å². The summed E-state index contributed by atoms with van der Waals surface area (Å²) in [6.45, 7) is 1.94. The lowest BCUT2D eigenvalue weighted by atomic mass is 9.48. The second-order valence-electron chi connectivity index (χ2n) is 3.84. The van der Waals surface area contributed by atoms with Crippen LogP contribution >= 0.6 is 0 Å². The van der Waals surface area contributed by atoms with E-state index in [-0.39, 0.29) is 11.8 Å². The number of benzene rings is 1. The normalized spacial score (nSPS) is 9.00. The quantitative estimate of drug-likeness (QED) is 0.441. The van der Waals surface area contributed by atoms with Gasteiger partial charge in [-0.1, -0.05) is 24.5 Å². The predicted molar refractivity (Wildman–Crippen MR) is 79.8 cm³/mol. The first kappa shape index (κ1) is 17.8. The molecule has 0 N–H and O–H groups in total. The summed E-state index contributed by atoms with van der Waals surface area (Å²) in [6, 6.07) is 6.40. The van der Waals surface area contributed by atoms with Crippen LogP contribution in [0.2, 0.25) is 12.4 Å². The zero-order chi connectivity index (χ0) is 14.5. The maximum absolute atomic E-state index is 12.4. The Balaban J connectivity index is 0.000000399. The Labute approximate surface area is 118 Å². The third kappa shape index (κ3) is 10.4. The molecule has 0 amide bonds. The second kappa shape index (κ2) is 11.9. The Morgan fingerprint density at radius 2 is 2.00 bits per heavy atom. The molecule has 0 atom stereocenters. The fourth-order valence-corrected chi connectivity index (χ4v) is 1.22. The van der Waals surface area contributed by atoms with E-state index in [1.54, 1.807) is 12.1 Å². The van der Waals surface area contributed by atoms with Crippen LogP contribution in [0.1, 0.15) is 19.8 Å². The first-order valence-corrected chi connectivity index (χ1v) is 6.31. The van der Waals surface area contributed by atoms with E-state index < -0.39 is 0 Å². The Morgan fingerprint density at radius 3 is 2.42 bits per heavy atom. The van der Waals surface area contributed by atoms with Gasteiger partial charge in [0, 0.05) is 6.42 Å². The lowest BCUT2D eigenvalue weighted by Gasteiger charge is -1.96. The SMILES string of the molecule is CCCC(=O)OC.[B]C[B]C[B]c1ccc(F)cc1. The first-order chi connectivity index (χ1) is 9.13. The molecule has 6 heteroatoms. The van der Waals surface area contributed by atoms with Crippen molar-refractivity contribution in [1.82, 2.24) is 0 Å². The van der Waals surface area contributed by atoms with Crippen molar-refractivity contribution in [3.63, 3.8) is 0 Å². The van der Waals surface area contributed by atoms with E-state index in [0.29, 0.717) is 12.6 Å². The minimum absolute atomic E-state index is 0.123. The van der Waals surface area contributed by atoms with Crippen LogP contribution in [0.5, 0.6) is 0 Å². The minimum Gasteiger partial charge on any atom is -0.469 e. The van der Waals surface area contributed by atoms with E-state index in [0.717, 1.165) is 18.1 Å².